The van der Waals surface area contributed by atoms with Crippen LogP contribution in [-0.4, -0.2) is 50.5 Å². The Bertz CT molecular complexity index is 273. The number of quaternary nitrogens is 1. The Morgan fingerprint density at radius 3 is 1.94 bits per heavy atom. The number of nitrogens with one attached hydrogen (secondary N) is 1. The molecule has 0 aliphatic rings. The van der Waals surface area contributed by atoms with Crippen LogP contribution in [0.5, 0.6) is 0 Å². The van der Waals surface area contributed by atoms with E-state index in [9.17, 15) is 9.59 Å². The number of rotatable bonds is 6. The van der Waals surface area contributed by atoms with Crippen molar-refractivity contribution in [3.63, 3.8) is 0 Å². The van der Waals surface area contributed by atoms with E-state index < -0.39 is 5.91 Å². The summed E-state index contributed by atoms with van der Waals surface area (Å²) in [5.74, 6) is -0.568. The number of nitrogens with two attached hydrogens (primary N) is 1. The summed E-state index contributed by atoms with van der Waals surface area (Å²) in [5.41, 5.74) is 4.53. The monoisotopic (exact) mass is 369 g/mol. The number of carbonyl (C=O) groups excluding carboxylic acids is 2. The van der Waals surface area contributed by atoms with Gasteiger partial charge in [0.05, 0.1) is 27.7 Å². The first-order valence-corrected chi connectivity index (χ1v) is 5.35. The molecule has 18 heavy (non-hydrogen) atoms. The van der Waals surface area contributed by atoms with Crippen LogP contribution in [0.3, 0.4) is 0 Å². The van der Waals surface area contributed by atoms with Crippen LogP contribution in [0.4, 0.5) is 0 Å². The van der Waals surface area contributed by atoms with E-state index in [2.05, 4.69) is 45.4 Å². The van der Waals surface area contributed by atoms with Crippen molar-refractivity contribution in [2.45, 2.75) is 6.42 Å². The van der Waals surface area contributed by atoms with Crippen molar-refractivity contribution >= 4 is 11.8 Å². The van der Waals surface area contributed by atoms with Crippen LogP contribution in [0.1, 0.15) is 6.42 Å². The molecule has 0 saturated heterocycles. The number of nitrogens with zero attached hydrogens (tertiary/aromatic N) is 1. The van der Waals surface area contributed by atoms with Gasteiger partial charge >= 0.3 is 0 Å². The van der Waals surface area contributed by atoms with E-state index in [0.29, 0.717) is 0 Å². The Balaban J connectivity index is -0.000000321. The van der Waals surface area contributed by atoms with Crippen molar-refractivity contribution in [2.75, 3.05) is 34.2 Å². The molecular weight excluding hydrogens is 345 g/mol. The minimum atomic E-state index is -0.481. The van der Waals surface area contributed by atoms with Gasteiger partial charge in [-0.2, -0.15) is 0 Å². The molecule has 0 bridgehead atoms. The summed E-state index contributed by atoms with van der Waals surface area (Å²) in [6, 6.07) is 0. The smallest absolute Gasteiger partial charge is 0.243 e. The first-order valence-electron chi connectivity index (χ1n) is 5.35. The minimum absolute atomic E-state index is 0. The molecule has 3 N–H and O–H groups in total. The van der Waals surface area contributed by atoms with Gasteiger partial charge in [-0.25, -0.2) is 0 Å². The fourth-order valence-electron chi connectivity index (χ4n) is 0.837. The largest absolute Gasteiger partial charge is 1.00 e. The lowest BCUT2D eigenvalue weighted by Crippen LogP contribution is -3.00. The van der Waals surface area contributed by atoms with Crippen LogP contribution in [0.25, 0.3) is 0 Å². The molecule has 5 nitrogen and oxygen atoms in total. The number of primary amides is 1. The molecule has 0 spiro atoms. The van der Waals surface area contributed by atoms with Gasteiger partial charge in [-0.05, 0) is 12.2 Å². The van der Waals surface area contributed by atoms with Gasteiger partial charge in [-0.1, -0.05) is 13.2 Å². The summed E-state index contributed by atoms with van der Waals surface area (Å²) in [6.45, 7) is 8.26. The average Bonchev–Trinajstić information content (AvgIpc) is 2.23. The average molecular weight is 369 g/mol. The summed E-state index contributed by atoms with van der Waals surface area (Å²) in [4.78, 5) is 20.2. The highest BCUT2D eigenvalue weighted by atomic mass is 127. The molecule has 0 atom stereocenters. The van der Waals surface area contributed by atoms with E-state index >= 15 is 0 Å². The molecule has 0 aliphatic heterocycles. The lowest BCUT2D eigenvalue weighted by Gasteiger charge is -2.23. The number of hydrogen-bond donors (Lipinski definition) is 2. The van der Waals surface area contributed by atoms with Crippen molar-refractivity contribution in [2.24, 2.45) is 5.73 Å². The van der Waals surface area contributed by atoms with Gasteiger partial charge in [-0.3, -0.25) is 9.59 Å². The number of amides is 2. The third-order valence-electron chi connectivity index (χ3n) is 1.69. The third-order valence-corrected chi connectivity index (χ3v) is 1.69. The van der Waals surface area contributed by atoms with Gasteiger partial charge in [-0.15, -0.1) is 0 Å². The summed E-state index contributed by atoms with van der Waals surface area (Å²) < 4.78 is 0.934. The Hall–Kier alpha value is -0.890. The predicted molar refractivity (Wildman–Crippen MR) is 70.1 cm³/mol. The van der Waals surface area contributed by atoms with Crippen LogP contribution >= 0.6 is 0 Å². The first kappa shape index (κ1) is 22.3. The van der Waals surface area contributed by atoms with Crippen molar-refractivity contribution in [1.82, 2.24) is 5.32 Å². The van der Waals surface area contributed by atoms with Gasteiger partial charge in [0.1, 0.15) is 0 Å². The Morgan fingerprint density at radius 2 is 1.67 bits per heavy atom. The van der Waals surface area contributed by atoms with Crippen LogP contribution < -0.4 is 35.0 Å². The highest BCUT2D eigenvalue weighted by Crippen LogP contribution is 1.91. The van der Waals surface area contributed by atoms with Crippen molar-refractivity contribution in [1.29, 1.82) is 0 Å². The molecule has 0 radical (unpaired) electrons. The molecule has 2 amide bonds. The molecule has 0 aliphatic carbocycles. The summed E-state index contributed by atoms with van der Waals surface area (Å²) in [6.07, 6.45) is 3.36. The Kier molecular flexibility index (Phi) is 15.6. The van der Waals surface area contributed by atoms with Gasteiger partial charge in [0.15, 0.2) is 0 Å². The lowest BCUT2D eigenvalue weighted by atomic mass is 10.3. The van der Waals surface area contributed by atoms with Gasteiger partial charge in [0.2, 0.25) is 11.8 Å². The molecule has 6 heteroatoms. The first-order chi connectivity index (χ1) is 7.72. The number of carbonyl (C=O) groups is 2. The molecule has 0 fully saturated rings. The van der Waals surface area contributed by atoms with E-state index in [0.717, 1.165) is 30.1 Å². The minimum Gasteiger partial charge on any atom is -1.00 e. The maximum absolute atomic E-state index is 10.7. The van der Waals surface area contributed by atoms with Gasteiger partial charge in [0.25, 0.3) is 0 Å². The zero-order valence-electron chi connectivity index (χ0n) is 11.4. The quantitative estimate of drug-likeness (QED) is 0.228. The zero-order valence-corrected chi connectivity index (χ0v) is 13.6. The van der Waals surface area contributed by atoms with E-state index in [-0.39, 0.29) is 29.9 Å². The topological polar surface area (TPSA) is 72.2 Å². The molecule has 0 aromatic rings. The van der Waals surface area contributed by atoms with E-state index in [1.54, 1.807) is 0 Å². The summed E-state index contributed by atoms with van der Waals surface area (Å²) in [5, 5.41) is 2.74. The lowest BCUT2D eigenvalue weighted by molar-refractivity contribution is -0.870. The normalized spacial score (nSPS) is 9.06. The molecule has 0 aromatic carbocycles. The van der Waals surface area contributed by atoms with Crippen molar-refractivity contribution in [3.05, 3.63) is 25.3 Å². The highest BCUT2D eigenvalue weighted by Gasteiger charge is 2.05. The standard InChI is InChI=1S/C9H18N2O.C3H5NO.HI/c1-5-9(12)10-7-6-8-11(2,3)4;1-2-3(4)5;/h5H,1,6-8H2,2-4H3;2H,1H2,(H2,4,5);1H. The molecule has 0 unspecified atom stereocenters. The van der Waals surface area contributed by atoms with Crippen molar-refractivity contribution < 1.29 is 38.0 Å². The van der Waals surface area contributed by atoms with Gasteiger partial charge in [0, 0.05) is 13.0 Å². The molecular formula is C12H24IN3O2. The molecule has 0 saturated carbocycles. The summed E-state index contributed by atoms with van der Waals surface area (Å²) >= 11 is 0. The third kappa shape index (κ3) is 24.4. The molecule has 0 rings (SSSR count). The number of hydrogen-bond acceptors (Lipinski definition) is 2. The van der Waals surface area contributed by atoms with Crippen LogP contribution in [-0.2, 0) is 9.59 Å². The molecule has 0 heterocycles. The second-order valence-corrected chi connectivity index (χ2v) is 4.47. The second-order valence-electron chi connectivity index (χ2n) is 4.47. The van der Waals surface area contributed by atoms with Crippen molar-refractivity contribution in [3.8, 4) is 0 Å². The van der Waals surface area contributed by atoms with E-state index in [4.69, 9.17) is 0 Å². The fraction of sp³-hybridized carbons (Fsp3) is 0.500. The highest BCUT2D eigenvalue weighted by molar-refractivity contribution is 5.86. The maximum atomic E-state index is 10.7. The Morgan fingerprint density at radius 1 is 1.22 bits per heavy atom. The predicted octanol–water partition coefficient (Wildman–Crippen LogP) is -2.95. The second kappa shape index (κ2) is 12.6. The van der Waals surface area contributed by atoms with E-state index in [1.807, 2.05) is 0 Å². The summed E-state index contributed by atoms with van der Waals surface area (Å²) in [7, 11) is 6.40. The molecule has 106 valence electrons. The van der Waals surface area contributed by atoms with E-state index in [1.165, 1.54) is 6.08 Å². The van der Waals surface area contributed by atoms with Crippen LogP contribution in [0.2, 0.25) is 0 Å². The Labute approximate surface area is 127 Å². The SMILES string of the molecule is C=CC(=O)NCCC[N+](C)(C)C.C=CC(N)=O.[I-]. The van der Waals surface area contributed by atoms with Crippen LogP contribution in [0, 0.1) is 0 Å². The van der Waals surface area contributed by atoms with Crippen LogP contribution in [0.15, 0.2) is 25.3 Å². The fourth-order valence-corrected chi connectivity index (χ4v) is 0.837. The van der Waals surface area contributed by atoms with Gasteiger partial charge < -0.3 is 39.5 Å². The zero-order chi connectivity index (χ0) is 13.9. The molecule has 0 aromatic heterocycles. The number of halogens is 1. The maximum Gasteiger partial charge on any atom is 0.243 e.